The molecule has 0 unspecified atom stereocenters. The van der Waals surface area contributed by atoms with Crippen LogP contribution >= 0.6 is 0 Å². The molecule has 21 heavy (non-hydrogen) atoms. The van der Waals surface area contributed by atoms with Crippen molar-refractivity contribution in [1.29, 1.82) is 0 Å². The van der Waals surface area contributed by atoms with Crippen molar-refractivity contribution in [2.24, 2.45) is 0 Å². The molecule has 114 valence electrons. The van der Waals surface area contributed by atoms with Crippen molar-refractivity contribution < 1.29 is 9.53 Å². The van der Waals surface area contributed by atoms with Crippen molar-refractivity contribution in [1.82, 2.24) is 0 Å². The fourth-order valence-corrected chi connectivity index (χ4v) is 4.34. The Morgan fingerprint density at radius 2 is 1.86 bits per heavy atom. The van der Waals surface area contributed by atoms with Gasteiger partial charge in [0, 0.05) is 0 Å². The maximum atomic E-state index is 12.4. The van der Waals surface area contributed by atoms with Crippen LogP contribution in [0.25, 0.3) is 5.57 Å². The average molecular weight is 302 g/mol. The van der Waals surface area contributed by atoms with Crippen LogP contribution in [0.5, 0.6) is 0 Å². The van der Waals surface area contributed by atoms with Gasteiger partial charge in [-0.2, -0.15) is 0 Å². The molecule has 0 atom stereocenters. The second kappa shape index (κ2) is 7.98. The van der Waals surface area contributed by atoms with E-state index in [0.717, 1.165) is 30.4 Å². The Labute approximate surface area is 129 Å². The van der Waals surface area contributed by atoms with Crippen LogP contribution in [0.4, 0.5) is 0 Å². The number of esters is 1. The fourth-order valence-electron chi connectivity index (χ4n) is 2.42. The summed E-state index contributed by atoms with van der Waals surface area (Å²) in [7, 11) is -0.162. The SMILES string of the molecule is C=CCCC/C(=C(/C(=O)OC)c1ccccc1)[Si](C)(C)C. The molecule has 0 spiro atoms. The van der Waals surface area contributed by atoms with E-state index in [1.165, 1.54) is 12.3 Å². The van der Waals surface area contributed by atoms with Gasteiger partial charge < -0.3 is 4.74 Å². The summed E-state index contributed by atoms with van der Waals surface area (Å²) < 4.78 is 5.05. The lowest BCUT2D eigenvalue weighted by Crippen LogP contribution is -2.27. The van der Waals surface area contributed by atoms with Crippen LogP contribution in [0.15, 0.2) is 48.2 Å². The van der Waals surface area contributed by atoms with Gasteiger partial charge in [-0.3, -0.25) is 0 Å². The highest BCUT2D eigenvalue weighted by Crippen LogP contribution is 2.30. The quantitative estimate of drug-likeness (QED) is 0.237. The molecular formula is C18H26O2Si. The molecule has 0 heterocycles. The average Bonchev–Trinajstić information content (AvgIpc) is 2.46. The van der Waals surface area contributed by atoms with E-state index in [1.54, 1.807) is 0 Å². The van der Waals surface area contributed by atoms with Gasteiger partial charge in [0.25, 0.3) is 0 Å². The van der Waals surface area contributed by atoms with Gasteiger partial charge in [-0.25, -0.2) is 4.79 Å². The Kier molecular flexibility index (Phi) is 6.63. The summed E-state index contributed by atoms with van der Waals surface area (Å²) in [6.45, 7) is 10.6. The third kappa shape index (κ3) is 5.01. The van der Waals surface area contributed by atoms with E-state index in [2.05, 4.69) is 26.2 Å². The molecule has 0 radical (unpaired) electrons. The summed E-state index contributed by atoms with van der Waals surface area (Å²) >= 11 is 0. The maximum Gasteiger partial charge on any atom is 0.338 e. The molecule has 0 saturated heterocycles. The van der Waals surface area contributed by atoms with Gasteiger partial charge in [-0.1, -0.05) is 61.2 Å². The number of hydrogen-bond acceptors (Lipinski definition) is 2. The lowest BCUT2D eigenvalue weighted by Gasteiger charge is -2.25. The summed E-state index contributed by atoms with van der Waals surface area (Å²) in [5, 5.41) is 1.28. The zero-order valence-corrected chi connectivity index (χ0v) is 14.6. The smallest absolute Gasteiger partial charge is 0.338 e. The molecule has 0 aliphatic rings. The van der Waals surface area contributed by atoms with Gasteiger partial charge in [-0.15, -0.1) is 6.58 Å². The van der Waals surface area contributed by atoms with Gasteiger partial charge in [0.15, 0.2) is 0 Å². The minimum atomic E-state index is -1.62. The molecule has 2 nitrogen and oxygen atoms in total. The van der Waals surface area contributed by atoms with Crippen molar-refractivity contribution in [2.45, 2.75) is 38.9 Å². The number of hydrogen-bond donors (Lipinski definition) is 0. The molecule has 1 rings (SSSR count). The summed E-state index contributed by atoms with van der Waals surface area (Å²) in [5.41, 5.74) is 1.72. The van der Waals surface area contributed by atoms with E-state index in [9.17, 15) is 4.79 Å². The number of methoxy groups -OCH3 is 1. The monoisotopic (exact) mass is 302 g/mol. The van der Waals surface area contributed by atoms with E-state index in [-0.39, 0.29) is 5.97 Å². The van der Waals surface area contributed by atoms with E-state index in [1.807, 2.05) is 36.4 Å². The number of allylic oxidation sites excluding steroid dienone is 2. The maximum absolute atomic E-state index is 12.4. The lowest BCUT2D eigenvalue weighted by molar-refractivity contribution is -0.133. The molecule has 0 aliphatic carbocycles. The number of rotatable bonds is 7. The van der Waals surface area contributed by atoms with Gasteiger partial charge in [0.2, 0.25) is 0 Å². The third-order valence-electron chi connectivity index (χ3n) is 3.49. The molecule has 0 bridgehead atoms. The first-order valence-electron chi connectivity index (χ1n) is 7.40. The molecule has 0 saturated carbocycles. The zero-order valence-electron chi connectivity index (χ0n) is 13.6. The van der Waals surface area contributed by atoms with Crippen LogP contribution in [0.2, 0.25) is 19.6 Å². The van der Waals surface area contributed by atoms with Crippen LogP contribution in [0, 0.1) is 0 Å². The summed E-state index contributed by atoms with van der Waals surface area (Å²) in [4.78, 5) is 12.4. The van der Waals surface area contributed by atoms with E-state index in [0.29, 0.717) is 0 Å². The molecule has 1 aromatic rings. The normalized spacial score (nSPS) is 12.6. The van der Waals surface area contributed by atoms with Gasteiger partial charge >= 0.3 is 5.97 Å². The molecule has 0 aromatic heterocycles. The molecule has 0 amide bonds. The first-order valence-corrected chi connectivity index (χ1v) is 10.9. The molecule has 0 N–H and O–H groups in total. The topological polar surface area (TPSA) is 26.3 Å². The first kappa shape index (κ1) is 17.4. The Morgan fingerprint density at radius 3 is 2.33 bits per heavy atom. The number of carbonyl (C=O) groups excluding carboxylic acids is 1. The van der Waals surface area contributed by atoms with Crippen LogP contribution in [0.3, 0.4) is 0 Å². The molecule has 0 fully saturated rings. The molecular weight excluding hydrogens is 276 g/mol. The van der Waals surface area contributed by atoms with Crippen molar-refractivity contribution in [3.8, 4) is 0 Å². The number of ether oxygens (including phenoxy) is 1. The van der Waals surface area contributed by atoms with Gasteiger partial charge in [0.05, 0.1) is 20.8 Å². The van der Waals surface area contributed by atoms with Crippen LogP contribution in [0.1, 0.15) is 24.8 Å². The van der Waals surface area contributed by atoms with E-state index < -0.39 is 8.07 Å². The number of carbonyl (C=O) groups is 1. The largest absolute Gasteiger partial charge is 0.465 e. The predicted octanol–water partition coefficient (Wildman–Crippen LogP) is 4.85. The minimum absolute atomic E-state index is 0.225. The minimum Gasteiger partial charge on any atom is -0.465 e. The standard InChI is InChI=1S/C18H26O2Si/c1-6-7-9-14-16(21(3,4)5)17(18(19)20-2)15-12-10-8-11-13-15/h6,8,10-13H,1,7,9,14H2,2-5H3/b17-16-. The molecule has 3 heteroatoms. The lowest BCUT2D eigenvalue weighted by atomic mass is 10.0. The highest BCUT2D eigenvalue weighted by molar-refractivity contribution is 6.84. The van der Waals surface area contributed by atoms with Crippen molar-refractivity contribution in [3.05, 3.63) is 53.7 Å². The highest BCUT2D eigenvalue weighted by Gasteiger charge is 2.27. The summed E-state index contributed by atoms with van der Waals surface area (Å²) in [6, 6.07) is 9.86. The van der Waals surface area contributed by atoms with Crippen LogP contribution < -0.4 is 0 Å². The fraction of sp³-hybridized carbons (Fsp3) is 0.389. The van der Waals surface area contributed by atoms with Gasteiger partial charge in [0.1, 0.15) is 0 Å². The Balaban J connectivity index is 3.37. The number of unbranched alkanes of at least 4 members (excludes halogenated alkanes) is 1. The van der Waals surface area contributed by atoms with E-state index >= 15 is 0 Å². The highest BCUT2D eigenvalue weighted by atomic mass is 28.3. The summed E-state index contributed by atoms with van der Waals surface area (Å²) in [5.74, 6) is -0.225. The zero-order chi connectivity index (χ0) is 15.9. The molecule has 0 aliphatic heterocycles. The van der Waals surface area contributed by atoms with E-state index in [4.69, 9.17) is 4.74 Å². The Bertz CT molecular complexity index is 510. The van der Waals surface area contributed by atoms with Crippen molar-refractivity contribution in [2.75, 3.05) is 7.11 Å². The third-order valence-corrected chi connectivity index (χ3v) is 5.80. The van der Waals surface area contributed by atoms with Crippen molar-refractivity contribution >= 4 is 19.6 Å². The summed E-state index contributed by atoms with van der Waals surface area (Å²) in [6.07, 6.45) is 4.86. The number of benzene rings is 1. The molecule has 1 aromatic carbocycles. The van der Waals surface area contributed by atoms with Crippen LogP contribution in [-0.4, -0.2) is 21.2 Å². The Morgan fingerprint density at radius 1 is 1.24 bits per heavy atom. The van der Waals surface area contributed by atoms with Crippen molar-refractivity contribution in [3.63, 3.8) is 0 Å². The predicted molar refractivity (Wildman–Crippen MR) is 92.8 cm³/mol. The van der Waals surface area contributed by atoms with Gasteiger partial charge in [-0.05, 0) is 24.8 Å². The van der Waals surface area contributed by atoms with Crippen LogP contribution in [-0.2, 0) is 9.53 Å². The Hall–Kier alpha value is -1.61. The second-order valence-corrected chi connectivity index (χ2v) is 11.2. The first-order chi connectivity index (χ1) is 9.91. The second-order valence-electron chi connectivity index (χ2n) is 6.14.